The largest absolute Gasteiger partial charge is 0.481 e. The maximum Gasteiger partial charge on any atom is 0.408 e. The van der Waals surface area contributed by atoms with E-state index >= 15 is 0 Å². The number of benzene rings is 2. The molecule has 7 amide bonds. The molecule has 0 spiro atoms. The maximum absolute atomic E-state index is 13.5. The van der Waals surface area contributed by atoms with Crippen molar-refractivity contribution >= 4 is 53.5 Å². The van der Waals surface area contributed by atoms with E-state index in [1.165, 1.54) is 6.92 Å². The number of amides is 7. The number of hydrogen-bond acceptors (Lipinski definition) is 12. The van der Waals surface area contributed by atoms with Gasteiger partial charge in [0, 0.05) is 13.0 Å². The van der Waals surface area contributed by atoms with E-state index in [0.29, 0.717) is 10.6 Å². The van der Waals surface area contributed by atoms with Crippen LogP contribution < -0.4 is 32.0 Å². The lowest BCUT2D eigenvalue weighted by Gasteiger charge is -2.28. The third-order valence-electron chi connectivity index (χ3n) is 8.73. The quantitative estimate of drug-likeness (QED) is 0.0512. The predicted octanol–water partition coefficient (Wildman–Crippen LogP) is -0.924. The number of hydrogen-bond donors (Lipinski definition) is 9. The van der Waals surface area contributed by atoms with Crippen molar-refractivity contribution in [3.8, 4) is 0 Å². The molecule has 0 radical (unpaired) electrons. The fourth-order valence-corrected chi connectivity index (χ4v) is 5.54. The Balaban J connectivity index is 1.66. The normalized spacial score (nSPS) is 16.6. The van der Waals surface area contributed by atoms with Gasteiger partial charge in [-0.1, -0.05) is 74.5 Å². The molecule has 1 heterocycles. The van der Waals surface area contributed by atoms with Gasteiger partial charge >= 0.3 is 18.0 Å². The highest BCUT2D eigenvalue weighted by Gasteiger charge is 2.53. The number of rotatable bonds is 22. The maximum atomic E-state index is 13.5. The fraction of sp³-hybridized carbons (Fsp3) is 0.462. The summed E-state index contributed by atoms with van der Waals surface area (Å²) in [6.45, 7) is 4.90. The Bertz CT molecular complexity index is 1850. The Morgan fingerprint density at radius 2 is 1.32 bits per heavy atom. The molecular formula is C39H51N7O14. The van der Waals surface area contributed by atoms with Crippen molar-refractivity contribution in [3.63, 3.8) is 0 Å². The van der Waals surface area contributed by atoms with E-state index in [4.69, 9.17) is 9.47 Å². The molecule has 0 bridgehead atoms. The van der Waals surface area contributed by atoms with Gasteiger partial charge in [0.05, 0.1) is 6.10 Å². The number of ether oxygens (including phenoxy) is 2. The zero-order chi connectivity index (χ0) is 44.5. The van der Waals surface area contributed by atoms with Crippen LogP contribution in [0.3, 0.4) is 0 Å². The van der Waals surface area contributed by atoms with Gasteiger partial charge in [0.1, 0.15) is 37.3 Å². The molecule has 2 aromatic carbocycles. The van der Waals surface area contributed by atoms with Crippen molar-refractivity contribution in [2.75, 3.05) is 6.54 Å². The minimum absolute atomic E-state index is 0.0715. The molecule has 60 heavy (non-hydrogen) atoms. The van der Waals surface area contributed by atoms with Crippen molar-refractivity contribution in [1.82, 2.24) is 37.0 Å². The summed E-state index contributed by atoms with van der Waals surface area (Å²) >= 11 is 0. The Morgan fingerprint density at radius 1 is 0.717 bits per heavy atom. The first-order valence-electron chi connectivity index (χ1n) is 18.9. The number of nitrogens with zero attached hydrogens (tertiary/aromatic N) is 1. The monoisotopic (exact) mass is 841 g/mol. The van der Waals surface area contributed by atoms with Crippen LogP contribution in [-0.2, 0) is 61.0 Å². The average molecular weight is 842 g/mol. The van der Waals surface area contributed by atoms with Crippen molar-refractivity contribution in [1.29, 1.82) is 0 Å². The highest BCUT2D eigenvalue weighted by atomic mass is 16.6. The minimum atomic E-state index is -1.92. The Labute approximate surface area is 344 Å². The second kappa shape index (κ2) is 23.1. The zero-order valence-electron chi connectivity index (χ0n) is 33.4. The van der Waals surface area contributed by atoms with Crippen LogP contribution in [-0.4, -0.2) is 123 Å². The lowest BCUT2D eigenvalue weighted by atomic mass is 10.0. The second-order valence-corrected chi connectivity index (χ2v) is 14.3. The molecule has 21 heteroatoms. The second-order valence-electron chi connectivity index (χ2n) is 14.3. The minimum Gasteiger partial charge on any atom is -0.481 e. The van der Waals surface area contributed by atoms with E-state index in [1.54, 1.807) is 74.5 Å². The van der Waals surface area contributed by atoms with E-state index in [9.17, 15) is 58.5 Å². The third kappa shape index (κ3) is 16.0. The van der Waals surface area contributed by atoms with Crippen LogP contribution >= 0.6 is 0 Å². The molecule has 9 N–H and O–H groups in total. The molecule has 21 nitrogen and oxygen atoms in total. The molecule has 326 valence electrons. The highest BCUT2D eigenvalue weighted by molar-refractivity contribution is 5.99. The summed E-state index contributed by atoms with van der Waals surface area (Å²) in [4.78, 5) is 115. The van der Waals surface area contributed by atoms with Crippen molar-refractivity contribution in [3.05, 3.63) is 71.8 Å². The summed E-state index contributed by atoms with van der Waals surface area (Å²) in [5, 5.41) is 41.6. The van der Waals surface area contributed by atoms with Gasteiger partial charge in [-0.15, -0.1) is 0 Å². The number of epoxide rings is 1. The lowest BCUT2D eigenvalue weighted by molar-refractivity contribution is -0.152. The van der Waals surface area contributed by atoms with E-state index in [-0.39, 0.29) is 25.5 Å². The van der Waals surface area contributed by atoms with E-state index in [1.807, 2.05) is 5.43 Å². The average Bonchev–Trinajstić information content (AvgIpc) is 4.00. The number of carbonyl (C=O) groups is 9. The number of alkyl carbamates (subject to hydrolysis) is 1. The molecule has 2 aromatic rings. The number of hydrazine groups is 1. The summed E-state index contributed by atoms with van der Waals surface area (Å²) in [6, 6.07) is 11.8. The molecule has 0 saturated carbocycles. The standard InChI is InChI=1S/C39H51N7O14/c1-21(2)17-27(43-39(58)59-20-25-13-9-6-10-14-25)35(54)42-26(15-16-28(48)49)34(53)44-30(23(4)47)36(55)45-46(19-29(50)51)38(57)32-31(60-32)37(56)41-22(3)33(52)40-18-24-11-7-5-8-12-24/h5-14,21-23,26-27,30-32,47H,15-20H2,1-4H3,(H,40,52)(H,41,56)(H,42,54)(H,43,58)(H,44,53)(H,45,55)(H,48,49)(H,50,51)/t22-,23+,26-,27-,30-,31-,32-/m0/s1. The Hall–Kier alpha value is -6.61. The van der Waals surface area contributed by atoms with Gasteiger partial charge in [0.25, 0.3) is 17.7 Å². The number of carbonyl (C=O) groups excluding carboxylic acids is 7. The molecule has 0 aliphatic carbocycles. The molecule has 3 rings (SSSR count). The van der Waals surface area contributed by atoms with Gasteiger partial charge in [-0.3, -0.25) is 43.8 Å². The van der Waals surface area contributed by atoms with Crippen LogP contribution in [0, 0.1) is 5.92 Å². The van der Waals surface area contributed by atoms with Crippen LogP contribution in [0.4, 0.5) is 4.79 Å². The summed E-state index contributed by atoms with van der Waals surface area (Å²) in [7, 11) is 0. The van der Waals surface area contributed by atoms with Gasteiger partial charge in [0.15, 0.2) is 12.2 Å². The smallest absolute Gasteiger partial charge is 0.408 e. The van der Waals surface area contributed by atoms with Gasteiger partial charge in [-0.2, -0.15) is 0 Å². The molecule has 0 unspecified atom stereocenters. The van der Waals surface area contributed by atoms with Gasteiger partial charge in [-0.25, -0.2) is 9.80 Å². The molecule has 0 aromatic heterocycles. The number of carboxylic acids is 2. The first kappa shape index (κ1) is 47.8. The van der Waals surface area contributed by atoms with E-state index in [0.717, 1.165) is 12.5 Å². The topological polar surface area (TPSA) is 311 Å². The number of aliphatic hydroxyl groups is 1. The van der Waals surface area contributed by atoms with Crippen molar-refractivity contribution in [2.45, 2.75) is 103 Å². The Morgan fingerprint density at radius 3 is 1.88 bits per heavy atom. The molecule has 1 fully saturated rings. The fourth-order valence-electron chi connectivity index (χ4n) is 5.54. The van der Waals surface area contributed by atoms with Crippen molar-refractivity contribution < 1.29 is 67.9 Å². The van der Waals surface area contributed by atoms with Gasteiger partial charge in [-0.05, 0) is 43.7 Å². The van der Waals surface area contributed by atoms with Crippen molar-refractivity contribution in [2.24, 2.45) is 5.92 Å². The first-order chi connectivity index (χ1) is 28.4. The van der Waals surface area contributed by atoms with Crippen LogP contribution in [0.15, 0.2) is 60.7 Å². The molecule has 7 atom stereocenters. The number of aliphatic carboxylic acids is 2. The van der Waals surface area contributed by atoms with Gasteiger partial charge < -0.3 is 51.4 Å². The van der Waals surface area contributed by atoms with Crippen LogP contribution in [0.1, 0.15) is 58.1 Å². The van der Waals surface area contributed by atoms with E-state index < -0.39 is 115 Å². The van der Waals surface area contributed by atoms with E-state index in [2.05, 4.69) is 26.6 Å². The summed E-state index contributed by atoms with van der Waals surface area (Å²) in [6.07, 6.45) is -6.78. The Kier molecular flexibility index (Phi) is 18.4. The number of carboxylic acid groups (broad SMARTS) is 2. The third-order valence-corrected chi connectivity index (χ3v) is 8.73. The van der Waals surface area contributed by atoms with Crippen LogP contribution in [0.25, 0.3) is 0 Å². The summed E-state index contributed by atoms with van der Waals surface area (Å²) in [5.74, 6) is -9.10. The molecule has 1 aliphatic rings. The van der Waals surface area contributed by atoms with Crippen LogP contribution in [0.2, 0.25) is 0 Å². The number of aliphatic hydroxyl groups excluding tert-OH is 1. The zero-order valence-corrected chi connectivity index (χ0v) is 33.4. The molecule has 1 saturated heterocycles. The lowest BCUT2D eigenvalue weighted by Crippen LogP contribution is -2.62. The molecular weight excluding hydrogens is 790 g/mol. The first-order valence-corrected chi connectivity index (χ1v) is 18.9. The summed E-state index contributed by atoms with van der Waals surface area (Å²) < 4.78 is 10.4. The van der Waals surface area contributed by atoms with Crippen LogP contribution in [0.5, 0.6) is 0 Å². The van der Waals surface area contributed by atoms with Gasteiger partial charge in [0.2, 0.25) is 17.7 Å². The highest BCUT2D eigenvalue weighted by Crippen LogP contribution is 2.24. The SMILES string of the molecule is CC(C)C[C@H](NC(=O)OCc1ccccc1)C(=O)N[C@@H](CCC(=O)O)C(=O)N[C@H](C(=O)NN(CC(=O)O)C(=O)[C@H]1O[C@@H]1C(=O)N[C@@H](C)C(=O)NCc1ccccc1)[C@@H](C)O. The summed E-state index contributed by atoms with van der Waals surface area (Å²) in [5.41, 5.74) is 3.48. The number of nitrogens with one attached hydrogen (secondary N) is 6. The predicted molar refractivity (Wildman–Crippen MR) is 207 cm³/mol. The molecule has 1 aliphatic heterocycles.